The Kier molecular flexibility index (Phi) is 1.93. The van der Waals surface area contributed by atoms with Crippen LogP contribution in [0.3, 0.4) is 0 Å². The summed E-state index contributed by atoms with van der Waals surface area (Å²) in [6.45, 7) is 0. The Morgan fingerprint density at radius 1 is 1.64 bits per heavy atom. The topological polar surface area (TPSA) is 74.0 Å². The number of hydrogen-bond acceptors (Lipinski definition) is 3. The Balaban J connectivity index is 2.47. The third-order valence-corrected chi connectivity index (χ3v) is 2.27. The van der Waals surface area contributed by atoms with E-state index in [1.807, 2.05) is 6.07 Å². The predicted octanol–water partition coefficient (Wildman–Crippen LogP) is 1.53. The van der Waals surface area contributed by atoms with E-state index in [0.29, 0.717) is 5.92 Å². The van der Waals surface area contributed by atoms with Crippen molar-refractivity contribution in [3.63, 3.8) is 0 Å². The van der Waals surface area contributed by atoms with E-state index in [4.69, 9.17) is 10.4 Å². The molecule has 0 atom stereocenters. The number of aromatic nitrogens is 1. The lowest BCUT2D eigenvalue weighted by molar-refractivity contribution is 0.0696. The van der Waals surface area contributed by atoms with E-state index in [2.05, 4.69) is 4.98 Å². The molecule has 0 aliphatic heterocycles. The Hall–Kier alpha value is -1.89. The Morgan fingerprint density at radius 3 is 2.86 bits per heavy atom. The zero-order valence-corrected chi connectivity index (χ0v) is 7.40. The molecule has 1 N–H and O–H groups in total. The maximum atomic E-state index is 10.8. The second kappa shape index (κ2) is 3.11. The number of aromatic carboxylic acids is 1. The molecule has 1 aliphatic carbocycles. The molecular formula is C10H8N2O2. The van der Waals surface area contributed by atoms with E-state index in [0.717, 1.165) is 18.5 Å². The molecule has 4 nitrogen and oxygen atoms in total. The van der Waals surface area contributed by atoms with Crippen molar-refractivity contribution in [1.82, 2.24) is 4.98 Å². The molecule has 14 heavy (non-hydrogen) atoms. The van der Waals surface area contributed by atoms with Gasteiger partial charge in [-0.3, -0.25) is 4.98 Å². The fourth-order valence-corrected chi connectivity index (χ4v) is 1.34. The summed E-state index contributed by atoms with van der Waals surface area (Å²) >= 11 is 0. The van der Waals surface area contributed by atoms with Crippen molar-refractivity contribution in [3.05, 3.63) is 29.1 Å². The molecule has 1 fully saturated rings. The summed E-state index contributed by atoms with van der Waals surface area (Å²) in [5, 5.41) is 17.5. The number of nitriles is 1. The molecule has 0 saturated heterocycles. The zero-order valence-electron chi connectivity index (χ0n) is 7.40. The average molecular weight is 188 g/mol. The van der Waals surface area contributed by atoms with Crippen molar-refractivity contribution >= 4 is 5.97 Å². The molecule has 1 heterocycles. The predicted molar refractivity (Wildman–Crippen MR) is 47.9 cm³/mol. The van der Waals surface area contributed by atoms with E-state index in [9.17, 15) is 4.79 Å². The van der Waals surface area contributed by atoms with Crippen LogP contribution in [0.15, 0.2) is 12.3 Å². The molecule has 0 unspecified atom stereocenters. The standard InChI is InChI=1S/C10H8N2O2/c11-4-7-5-12-9(6-1-2-6)3-8(7)10(13)14/h3,5-6H,1-2H2,(H,13,14). The lowest BCUT2D eigenvalue weighted by Gasteiger charge is -2.00. The van der Waals surface area contributed by atoms with Gasteiger partial charge < -0.3 is 5.11 Å². The first-order valence-electron chi connectivity index (χ1n) is 4.35. The molecule has 1 aliphatic rings. The molecular weight excluding hydrogens is 180 g/mol. The number of nitrogens with zero attached hydrogens (tertiary/aromatic N) is 2. The van der Waals surface area contributed by atoms with Crippen LogP contribution in [0.5, 0.6) is 0 Å². The van der Waals surface area contributed by atoms with Crippen LogP contribution >= 0.6 is 0 Å². The summed E-state index contributed by atoms with van der Waals surface area (Å²) in [5.74, 6) is -0.660. The van der Waals surface area contributed by atoms with Gasteiger partial charge in [-0.15, -0.1) is 0 Å². The normalized spacial score (nSPS) is 14.8. The van der Waals surface area contributed by atoms with Gasteiger partial charge in [-0.1, -0.05) is 0 Å². The maximum absolute atomic E-state index is 10.8. The van der Waals surface area contributed by atoms with Gasteiger partial charge in [-0.25, -0.2) is 4.79 Å². The minimum atomic E-state index is -1.06. The highest BCUT2D eigenvalue weighted by Crippen LogP contribution is 2.39. The van der Waals surface area contributed by atoms with Crippen LogP contribution in [-0.4, -0.2) is 16.1 Å². The molecule has 70 valence electrons. The van der Waals surface area contributed by atoms with Gasteiger partial charge in [-0.2, -0.15) is 5.26 Å². The van der Waals surface area contributed by atoms with Crippen molar-refractivity contribution in [2.24, 2.45) is 0 Å². The molecule has 1 saturated carbocycles. The van der Waals surface area contributed by atoms with E-state index < -0.39 is 5.97 Å². The van der Waals surface area contributed by atoms with Gasteiger partial charge in [0, 0.05) is 17.8 Å². The third-order valence-electron chi connectivity index (χ3n) is 2.27. The van der Waals surface area contributed by atoms with Gasteiger partial charge in [0.05, 0.1) is 11.1 Å². The highest BCUT2D eigenvalue weighted by Gasteiger charge is 2.26. The Labute approximate surface area is 80.8 Å². The second-order valence-electron chi connectivity index (χ2n) is 3.35. The number of carboxylic acid groups (broad SMARTS) is 1. The van der Waals surface area contributed by atoms with Crippen LogP contribution in [-0.2, 0) is 0 Å². The van der Waals surface area contributed by atoms with Crippen LogP contribution in [0, 0.1) is 11.3 Å². The molecule has 0 radical (unpaired) electrons. The van der Waals surface area contributed by atoms with Crippen LogP contribution in [0.25, 0.3) is 0 Å². The first kappa shape index (κ1) is 8.70. The lowest BCUT2D eigenvalue weighted by atomic mass is 10.1. The van der Waals surface area contributed by atoms with Crippen molar-refractivity contribution in [2.45, 2.75) is 18.8 Å². The second-order valence-corrected chi connectivity index (χ2v) is 3.35. The van der Waals surface area contributed by atoms with Crippen LogP contribution < -0.4 is 0 Å². The quantitative estimate of drug-likeness (QED) is 0.763. The fourth-order valence-electron chi connectivity index (χ4n) is 1.34. The molecule has 0 bridgehead atoms. The summed E-state index contributed by atoms with van der Waals surface area (Å²) < 4.78 is 0. The molecule has 1 aromatic heterocycles. The van der Waals surface area contributed by atoms with E-state index >= 15 is 0 Å². The first-order valence-corrected chi connectivity index (χ1v) is 4.35. The van der Waals surface area contributed by atoms with Gasteiger partial charge in [-0.05, 0) is 18.9 Å². The highest BCUT2D eigenvalue weighted by molar-refractivity contribution is 5.90. The summed E-state index contributed by atoms with van der Waals surface area (Å²) in [5.41, 5.74) is 0.979. The fraction of sp³-hybridized carbons (Fsp3) is 0.300. The number of rotatable bonds is 2. The van der Waals surface area contributed by atoms with Gasteiger partial charge in [0.1, 0.15) is 6.07 Å². The number of carboxylic acids is 1. The SMILES string of the molecule is N#Cc1cnc(C2CC2)cc1C(=O)O. The summed E-state index contributed by atoms with van der Waals surface area (Å²) in [6, 6.07) is 3.33. The summed E-state index contributed by atoms with van der Waals surface area (Å²) in [7, 11) is 0. The van der Waals surface area contributed by atoms with E-state index in [1.54, 1.807) is 0 Å². The van der Waals surface area contributed by atoms with Gasteiger partial charge in [0.2, 0.25) is 0 Å². The van der Waals surface area contributed by atoms with Crippen molar-refractivity contribution in [1.29, 1.82) is 5.26 Å². The van der Waals surface area contributed by atoms with E-state index in [-0.39, 0.29) is 11.1 Å². The Bertz CT molecular complexity index is 430. The number of hydrogen-bond donors (Lipinski definition) is 1. The van der Waals surface area contributed by atoms with Gasteiger partial charge in [0.15, 0.2) is 0 Å². The third kappa shape index (κ3) is 1.44. The zero-order chi connectivity index (χ0) is 10.1. The van der Waals surface area contributed by atoms with Gasteiger partial charge in [0.25, 0.3) is 0 Å². The molecule has 4 heteroatoms. The van der Waals surface area contributed by atoms with Crippen LogP contribution in [0.2, 0.25) is 0 Å². The lowest BCUT2D eigenvalue weighted by Crippen LogP contribution is -2.02. The first-order chi connectivity index (χ1) is 6.72. The van der Waals surface area contributed by atoms with Crippen LogP contribution in [0.4, 0.5) is 0 Å². The Morgan fingerprint density at radius 2 is 2.36 bits per heavy atom. The molecule has 0 spiro atoms. The van der Waals surface area contributed by atoms with Crippen molar-refractivity contribution < 1.29 is 9.90 Å². The maximum Gasteiger partial charge on any atom is 0.337 e. The summed E-state index contributed by atoms with van der Waals surface area (Å²) in [4.78, 5) is 14.9. The highest BCUT2D eigenvalue weighted by atomic mass is 16.4. The smallest absolute Gasteiger partial charge is 0.337 e. The number of carbonyl (C=O) groups is 1. The average Bonchev–Trinajstić information content (AvgIpc) is 3.00. The minimum absolute atomic E-state index is 0.0596. The molecule has 2 rings (SSSR count). The van der Waals surface area contributed by atoms with Crippen molar-refractivity contribution in [2.75, 3.05) is 0 Å². The van der Waals surface area contributed by atoms with Crippen molar-refractivity contribution in [3.8, 4) is 6.07 Å². The minimum Gasteiger partial charge on any atom is -0.478 e. The largest absolute Gasteiger partial charge is 0.478 e. The summed E-state index contributed by atoms with van der Waals surface area (Å²) in [6.07, 6.45) is 3.48. The van der Waals surface area contributed by atoms with E-state index in [1.165, 1.54) is 12.3 Å². The number of pyridine rings is 1. The molecule has 0 amide bonds. The monoisotopic (exact) mass is 188 g/mol. The molecule has 0 aromatic carbocycles. The van der Waals surface area contributed by atoms with Crippen LogP contribution in [0.1, 0.15) is 40.4 Å². The molecule has 1 aromatic rings. The van der Waals surface area contributed by atoms with Gasteiger partial charge >= 0.3 is 5.97 Å².